The number of hydrogen-bond acceptors (Lipinski definition) is 5. The van der Waals surface area contributed by atoms with Gasteiger partial charge in [0.05, 0.1) is 19.9 Å². The Morgan fingerprint density at radius 2 is 2.03 bits per heavy atom. The number of para-hydroxylation sites is 1. The van der Waals surface area contributed by atoms with Gasteiger partial charge in [-0.05, 0) is 43.2 Å². The minimum atomic E-state index is -0.678. The molecule has 150 valence electrons. The highest BCUT2D eigenvalue weighted by Crippen LogP contribution is 2.20. The van der Waals surface area contributed by atoms with E-state index in [9.17, 15) is 9.59 Å². The van der Waals surface area contributed by atoms with E-state index in [1.165, 1.54) is 16.9 Å². The highest BCUT2D eigenvalue weighted by Gasteiger charge is 2.18. The number of esters is 1. The van der Waals surface area contributed by atoms with Crippen molar-refractivity contribution in [2.24, 2.45) is 0 Å². The van der Waals surface area contributed by atoms with Crippen LogP contribution in [0, 0.1) is 0 Å². The smallest absolute Gasteiger partial charge is 0.348 e. The third-order valence-corrected chi connectivity index (χ3v) is 4.58. The van der Waals surface area contributed by atoms with Crippen molar-refractivity contribution in [1.82, 2.24) is 9.55 Å². The molecule has 3 rings (SSSR count). The topological polar surface area (TPSA) is 70.4 Å². The molecular weight excluding hydrogens is 368 g/mol. The number of aromatic nitrogens is 2. The lowest BCUT2D eigenvalue weighted by molar-refractivity contribution is 0.0660. The number of unbranched alkanes of at least 4 members (excludes halogenated alkanes) is 2. The molecule has 0 saturated carbocycles. The van der Waals surface area contributed by atoms with E-state index in [2.05, 4.69) is 11.9 Å². The van der Waals surface area contributed by atoms with Gasteiger partial charge in [0.1, 0.15) is 17.0 Å². The summed E-state index contributed by atoms with van der Waals surface area (Å²) in [5.74, 6) is -0.0161. The van der Waals surface area contributed by atoms with Crippen LogP contribution >= 0.6 is 0 Å². The molecule has 6 heteroatoms. The minimum absolute atomic E-state index is 0.0273. The van der Waals surface area contributed by atoms with Gasteiger partial charge in [-0.25, -0.2) is 9.78 Å². The summed E-state index contributed by atoms with van der Waals surface area (Å²) in [6.07, 6.45) is 7.66. The maximum atomic E-state index is 13.1. The number of hydrogen-bond donors (Lipinski definition) is 0. The molecule has 0 aliphatic carbocycles. The molecule has 0 amide bonds. The molecule has 2 heterocycles. The first-order valence-corrected chi connectivity index (χ1v) is 9.62. The number of rotatable bonds is 8. The molecular formula is C23H24N2O4. The Kier molecular flexibility index (Phi) is 6.79. The summed E-state index contributed by atoms with van der Waals surface area (Å²) in [4.78, 5) is 30.0. The van der Waals surface area contributed by atoms with Gasteiger partial charge in [-0.3, -0.25) is 9.36 Å². The predicted octanol–water partition coefficient (Wildman–Crippen LogP) is 4.31. The van der Waals surface area contributed by atoms with Crippen molar-refractivity contribution < 1.29 is 14.3 Å². The van der Waals surface area contributed by atoms with Crippen LogP contribution in [0.2, 0.25) is 0 Å². The van der Waals surface area contributed by atoms with Crippen LogP contribution in [0.3, 0.4) is 0 Å². The van der Waals surface area contributed by atoms with Crippen LogP contribution in [-0.4, -0.2) is 22.6 Å². The average molecular weight is 392 g/mol. The summed E-state index contributed by atoms with van der Waals surface area (Å²) in [5.41, 5.74) is 0.835. The number of nitrogens with zero attached hydrogens (tertiary/aromatic N) is 2. The Morgan fingerprint density at radius 1 is 1.21 bits per heavy atom. The first kappa shape index (κ1) is 20.3. The average Bonchev–Trinajstić information content (AvgIpc) is 2.75. The molecule has 29 heavy (non-hydrogen) atoms. The molecule has 0 atom stereocenters. The highest BCUT2D eigenvalue weighted by molar-refractivity contribution is 5.93. The zero-order chi connectivity index (χ0) is 20.6. The lowest BCUT2D eigenvalue weighted by Gasteiger charge is -2.13. The van der Waals surface area contributed by atoms with Gasteiger partial charge in [-0.2, -0.15) is 0 Å². The maximum absolute atomic E-state index is 13.1. The molecule has 0 spiro atoms. The molecule has 0 N–H and O–H groups in total. The summed E-state index contributed by atoms with van der Waals surface area (Å²) in [6, 6.07) is 12.6. The van der Waals surface area contributed by atoms with Gasteiger partial charge in [0, 0.05) is 17.1 Å². The van der Waals surface area contributed by atoms with Crippen LogP contribution < -0.4 is 10.3 Å². The van der Waals surface area contributed by atoms with Crippen molar-refractivity contribution >= 4 is 17.0 Å². The SMILES string of the molecule is CCCCC=COC(=O)c1cc2cccnc2n(Cc2ccccc2OC)c1=O. The summed E-state index contributed by atoms with van der Waals surface area (Å²) in [6.45, 7) is 2.32. The van der Waals surface area contributed by atoms with Crippen molar-refractivity contribution in [3.63, 3.8) is 0 Å². The fraction of sp³-hybridized carbons (Fsp3) is 0.261. The monoisotopic (exact) mass is 392 g/mol. The quantitative estimate of drug-likeness (QED) is 0.324. The molecule has 0 bridgehead atoms. The molecule has 0 unspecified atom stereocenters. The second kappa shape index (κ2) is 9.68. The summed E-state index contributed by atoms with van der Waals surface area (Å²) in [7, 11) is 1.58. The van der Waals surface area contributed by atoms with E-state index in [1.54, 1.807) is 25.4 Å². The zero-order valence-corrected chi connectivity index (χ0v) is 16.6. The van der Waals surface area contributed by atoms with Crippen LogP contribution in [0.25, 0.3) is 11.0 Å². The number of carbonyl (C=O) groups excluding carboxylic acids is 1. The number of allylic oxidation sites excluding steroid dienone is 1. The Labute approximate surface area is 169 Å². The zero-order valence-electron chi connectivity index (χ0n) is 16.6. The largest absolute Gasteiger partial charge is 0.496 e. The van der Waals surface area contributed by atoms with Gasteiger partial charge in [0.15, 0.2) is 0 Å². The molecule has 1 aromatic carbocycles. The van der Waals surface area contributed by atoms with Gasteiger partial charge in [0.2, 0.25) is 0 Å². The second-order valence-electron chi connectivity index (χ2n) is 6.60. The van der Waals surface area contributed by atoms with E-state index in [-0.39, 0.29) is 12.1 Å². The first-order chi connectivity index (χ1) is 14.2. The third-order valence-electron chi connectivity index (χ3n) is 4.58. The van der Waals surface area contributed by atoms with E-state index in [0.29, 0.717) is 16.8 Å². The van der Waals surface area contributed by atoms with Gasteiger partial charge < -0.3 is 9.47 Å². The molecule has 0 saturated heterocycles. The fourth-order valence-corrected chi connectivity index (χ4v) is 3.07. The Morgan fingerprint density at radius 3 is 2.83 bits per heavy atom. The van der Waals surface area contributed by atoms with Crippen LogP contribution in [-0.2, 0) is 11.3 Å². The van der Waals surface area contributed by atoms with Crippen molar-refractivity contribution in [2.75, 3.05) is 7.11 Å². The van der Waals surface area contributed by atoms with E-state index >= 15 is 0 Å². The van der Waals surface area contributed by atoms with Gasteiger partial charge in [0.25, 0.3) is 5.56 Å². The molecule has 0 aliphatic rings. The third kappa shape index (κ3) is 4.71. The van der Waals surface area contributed by atoms with E-state index in [4.69, 9.17) is 9.47 Å². The number of benzene rings is 1. The lowest BCUT2D eigenvalue weighted by Crippen LogP contribution is -2.28. The van der Waals surface area contributed by atoms with Crippen LogP contribution in [0.4, 0.5) is 0 Å². The standard InChI is InChI=1S/C23H24N2O4/c1-3-4-5-8-14-29-23(27)19-15-17-11-9-13-24-21(17)25(22(19)26)16-18-10-6-7-12-20(18)28-2/h6-15H,3-5,16H2,1-2H3. The molecule has 3 aromatic rings. The van der Waals surface area contributed by atoms with Crippen LogP contribution in [0.1, 0.15) is 42.1 Å². The van der Waals surface area contributed by atoms with Crippen molar-refractivity contribution in [2.45, 2.75) is 32.7 Å². The van der Waals surface area contributed by atoms with Crippen LogP contribution in [0.15, 0.2) is 65.8 Å². The molecule has 0 radical (unpaired) electrons. The highest BCUT2D eigenvalue weighted by atomic mass is 16.5. The van der Waals surface area contributed by atoms with E-state index < -0.39 is 11.5 Å². The van der Waals surface area contributed by atoms with Gasteiger partial charge in [-0.15, -0.1) is 0 Å². The first-order valence-electron chi connectivity index (χ1n) is 9.62. The fourth-order valence-electron chi connectivity index (χ4n) is 3.07. The molecule has 2 aromatic heterocycles. The van der Waals surface area contributed by atoms with Crippen LogP contribution in [0.5, 0.6) is 5.75 Å². The predicted molar refractivity (Wildman–Crippen MR) is 112 cm³/mol. The van der Waals surface area contributed by atoms with Gasteiger partial charge in [-0.1, -0.05) is 31.5 Å². The van der Waals surface area contributed by atoms with Gasteiger partial charge >= 0.3 is 5.97 Å². The Bertz CT molecular complexity index is 1090. The summed E-state index contributed by atoms with van der Waals surface area (Å²) < 4.78 is 12.0. The lowest BCUT2D eigenvalue weighted by atomic mass is 10.1. The van der Waals surface area contributed by atoms with Crippen molar-refractivity contribution in [1.29, 1.82) is 0 Å². The normalized spacial score (nSPS) is 11.1. The molecule has 0 aliphatic heterocycles. The number of methoxy groups -OCH3 is 1. The number of fused-ring (bicyclic) bond motifs is 1. The maximum Gasteiger partial charge on any atom is 0.348 e. The van der Waals surface area contributed by atoms with Crippen molar-refractivity contribution in [3.05, 3.63) is 82.5 Å². The number of ether oxygens (including phenoxy) is 2. The molecule has 6 nitrogen and oxygen atoms in total. The number of pyridine rings is 2. The summed E-state index contributed by atoms with van der Waals surface area (Å²) >= 11 is 0. The Hall–Kier alpha value is -3.41. The summed E-state index contributed by atoms with van der Waals surface area (Å²) in [5, 5.41) is 0.684. The molecule has 0 fully saturated rings. The minimum Gasteiger partial charge on any atom is -0.496 e. The van der Waals surface area contributed by atoms with E-state index in [0.717, 1.165) is 24.8 Å². The van der Waals surface area contributed by atoms with E-state index in [1.807, 2.05) is 30.3 Å². The Balaban J connectivity index is 2.00. The second-order valence-corrected chi connectivity index (χ2v) is 6.60. The number of carbonyl (C=O) groups is 1. The van der Waals surface area contributed by atoms with Crippen molar-refractivity contribution in [3.8, 4) is 5.75 Å².